The Morgan fingerprint density at radius 3 is 2.55 bits per heavy atom. The molecule has 0 atom stereocenters. The van der Waals surface area contributed by atoms with Crippen molar-refractivity contribution in [2.75, 3.05) is 23.7 Å². The monoisotopic (exact) mass is 395 g/mol. The number of halogens is 1. The van der Waals surface area contributed by atoms with Gasteiger partial charge in [0.15, 0.2) is 0 Å². The first-order valence-corrected chi connectivity index (χ1v) is 9.75. The normalized spacial score (nSPS) is 16.3. The largest absolute Gasteiger partial charge is 0.334 e. The van der Waals surface area contributed by atoms with Crippen molar-refractivity contribution in [1.29, 1.82) is 0 Å². The lowest BCUT2D eigenvalue weighted by molar-refractivity contribution is -0.144. The molecule has 3 amide bonds. The molecule has 1 saturated heterocycles. The van der Waals surface area contributed by atoms with Gasteiger partial charge in [-0.15, -0.1) is 0 Å². The minimum atomic E-state index is -0.667. The topological polar surface area (TPSA) is 78.5 Å². The lowest BCUT2D eigenvalue weighted by atomic mass is 9.90. The molecule has 6 nitrogen and oxygen atoms in total. The van der Waals surface area contributed by atoms with Crippen molar-refractivity contribution in [2.24, 2.45) is 5.92 Å². The summed E-state index contributed by atoms with van der Waals surface area (Å²) in [7, 11) is 0. The Labute approximate surface area is 168 Å². The van der Waals surface area contributed by atoms with Crippen LogP contribution in [0.15, 0.2) is 42.5 Å². The number of fused-ring (bicyclic) bond motifs is 1. The Kier molecular flexibility index (Phi) is 5.29. The maximum atomic E-state index is 13.0. The second-order valence-electron chi connectivity index (χ2n) is 7.62. The van der Waals surface area contributed by atoms with Gasteiger partial charge in [-0.2, -0.15) is 0 Å². The van der Waals surface area contributed by atoms with Crippen LogP contribution in [0.4, 0.5) is 15.8 Å². The van der Waals surface area contributed by atoms with E-state index in [1.54, 1.807) is 35.2 Å². The smallest absolute Gasteiger partial charge is 0.313 e. The summed E-state index contributed by atoms with van der Waals surface area (Å²) in [6, 6.07) is 11.6. The lowest BCUT2D eigenvalue weighted by Gasteiger charge is -2.31. The van der Waals surface area contributed by atoms with Crippen molar-refractivity contribution < 1.29 is 18.8 Å². The molecule has 29 heavy (non-hydrogen) atoms. The third-order valence-electron chi connectivity index (χ3n) is 5.52. The molecule has 2 N–H and O–H groups in total. The van der Waals surface area contributed by atoms with Gasteiger partial charge >= 0.3 is 11.8 Å². The zero-order valence-corrected chi connectivity index (χ0v) is 15.9. The maximum absolute atomic E-state index is 13.0. The summed E-state index contributed by atoms with van der Waals surface area (Å²) in [5.41, 5.74) is 3.13. The van der Waals surface area contributed by atoms with Crippen LogP contribution in [0.25, 0.3) is 0 Å². The van der Waals surface area contributed by atoms with E-state index in [9.17, 15) is 18.8 Å². The molecule has 0 radical (unpaired) electrons. The zero-order chi connectivity index (χ0) is 20.4. The Balaban J connectivity index is 1.29. The molecule has 0 saturated carbocycles. The van der Waals surface area contributed by atoms with E-state index in [0.717, 1.165) is 36.1 Å². The van der Waals surface area contributed by atoms with E-state index in [1.165, 1.54) is 12.1 Å². The van der Waals surface area contributed by atoms with Crippen LogP contribution in [0.5, 0.6) is 0 Å². The van der Waals surface area contributed by atoms with Crippen LogP contribution in [0, 0.1) is 11.7 Å². The van der Waals surface area contributed by atoms with Crippen molar-refractivity contribution >= 4 is 29.1 Å². The number of nitrogens with one attached hydrogen (secondary N) is 2. The molecule has 7 heteroatoms. The molecule has 4 rings (SSSR count). The molecular formula is C22H22FN3O3. The number of anilines is 2. The van der Waals surface area contributed by atoms with Crippen molar-refractivity contribution in [3.8, 4) is 0 Å². The molecular weight excluding hydrogens is 373 g/mol. The minimum absolute atomic E-state index is 0.0805. The Hall–Kier alpha value is -3.22. The first kappa shape index (κ1) is 19.1. The highest BCUT2D eigenvalue weighted by atomic mass is 19.1. The van der Waals surface area contributed by atoms with Crippen LogP contribution in [-0.4, -0.2) is 35.7 Å². The fraction of sp³-hybridized carbons (Fsp3) is 0.318. The summed E-state index contributed by atoms with van der Waals surface area (Å²) >= 11 is 0. The average molecular weight is 395 g/mol. The van der Waals surface area contributed by atoms with Gasteiger partial charge in [0.25, 0.3) is 0 Å². The number of hydrogen-bond donors (Lipinski definition) is 2. The Bertz CT molecular complexity index is 950. The zero-order valence-electron chi connectivity index (χ0n) is 15.9. The van der Waals surface area contributed by atoms with Gasteiger partial charge in [-0.1, -0.05) is 12.1 Å². The van der Waals surface area contributed by atoms with E-state index < -0.39 is 11.8 Å². The van der Waals surface area contributed by atoms with Crippen LogP contribution >= 0.6 is 0 Å². The second-order valence-corrected chi connectivity index (χ2v) is 7.62. The third-order valence-corrected chi connectivity index (χ3v) is 5.52. The summed E-state index contributed by atoms with van der Waals surface area (Å²) in [6.07, 6.45) is 2.73. The van der Waals surface area contributed by atoms with Crippen LogP contribution in [-0.2, 0) is 27.2 Å². The van der Waals surface area contributed by atoms with Gasteiger partial charge in [-0.25, -0.2) is 4.39 Å². The summed E-state index contributed by atoms with van der Waals surface area (Å²) in [4.78, 5) is 37.9. The van der Waals surface area contributed by atoms with Gasteiger partial charge in [0, 0.05) is 24.5 Å². The fourth-order valence-electron chi connectivity index (χ4n) is 3.93. The highest BCUT2D eigenvalue weighted by Gasteiger charge is 2.27. The molecule has 0 bridgehead atoms. The molecule has 1 fully saturated rings. The van der Waals surface area contributed by atoms with E-state index >= 15 is 0 Å². The van der Waals surface area contributed by atoms with Crippen molar-refractivity contribution in [1.82, 2.24) is 4.90 Å². The fourth-order valence-corrected chi connectivity index (χ4v) is 3.93. The Morgan fingerprint density at radius 1 is 1.10 bits per heavy atom. The van der Waals surface area contributed by atoms with E-state index in [4.69, 9.17) is 0 Å². The van der Waals surface area contributed by atoms with Gasteiger partial charge in [0.2, 0.25) is 5.91 Å². The SMILES string of the molecule is O=C1Cc2cc(NC(=O)C(=O)N3CCC(Cc4ccc(F)cc4)CC3)ccc2N1. The standard InChI is InChI=1S/C22H22FN3O3/c23-17-3-1-14(2-4-17)11-15-7-9-26(10-8-15)22(29)21(28)24-18-5-6-19-16(12-18)13-20(27)25-19/h1-6,12,15H,7-11,13H2,(H,24,28)(H,25,27). The third kappa shape index (κ3) is 4.45. The van der Waals surface area contributed by atoms with Crippen LogP contribution in [0.2, 0.25) is 0 Å². The number of rotatable bonds is 3. The maximum Gasteiger partial charge on any atom is 0.313 e. The Morgan fingerprint density at radius 2 is 1.83 bits per heavy atom. The van der Waals surface area contributed by atoms with Gasteiger partial charge in [-0.05, 0) is 66.6 Å². The van der Waals surface area contributed by atoms with Crippen LogP contribution in [0.3, 0.4) is 0 Å². The minimum Gasteiger partial charge on any atom is -0.334 e. The summed E-state index contributed by atoms with van der Waals surface area (Å²) in [5, 5.41) is 5.37. The van der Waals surface area contributed by atoms with E-state index in [-0.39, 0.29) is 18.1 Å². The molecule has 2 aliphatic heterocycles. The highest BCUT2D eigenvalue weighted by molar-refractivity contribution is 6.39. The molecule has 0 spiro atoms. The number of benzene rings is 2. The van der Waals surface area contributed by atoms with Crippen molar-refractivity contribution in [3.05, 3.63) is 59.4 Å². The molecule has 0 aliphatic carbocycles. The lowest BCUT2D eigenvalue weighted by Crippen LogP contribution is -2.44. The van der Waals surface area contributed by atoms with Crippen molar-refractivity contribution in [3.63, 3.8) is 0 Å². The van der Waals surface area contributed by atoms with Gasteiger partial charge in [0.05, 0.1) is 6.42 Å². The molecule has 0 unspecified atom stereocenters. The van der Waals surface area contributed by atoms with E-state index in [2.05, 4.69) is 10.6 Å². The molecule has 2 aliphatic rings. The highest BCUT2D eigenvalue weighted by Crippen LogP contribution is 2.26. The summed E-state index contributed by atoms with van der Waals surface area (Å²) in [6.45, 7) is 1.06. The number of carbonyl (C=O) groups is 3. The number of carbonyl (C=O) groups excluding carboxylic acids is 3. The van der Waals surface area contributed by atoms with Gasteiger partial charge < -0.3 is 15.5 Å². The number of hydrogen-bond acceptors (Lipinski definition) is 3. The number of piperidine rings is 1. The van der Waals surface area contributed by atoms with Gasteiger partial charge in [0.1, 0.15) is 5.82 Å². The number of nitrogens with zero attached hydrogens (tertiary/aromatic N) is 1. The molecule has 2 aromatic carbocycles. The van der Waals surface area contributed by atoms with Gasteiger partial charge in [-0.3, -0.25) is 14.4 Å². The molecule has 2 aromatic rings. The summed E-state index contributed by atoms with van der Waals surface area (Å²) in [5.74, 6) is -1.12. The van der Waals surface area contributed by atoms with Crippen LogP contribution in [0.1, 0.15) is 24.0 Å². The second kappa shape index (κ2) is 8.03. The summed E-state index contributed by atoms with van der Waals surface area (Å²) < 4.78 is 13.0. The van der Waals surface area contributed by atoms with Crippen molar-refractivity contribution in [2.45, 2.75) is 25.7 Å². The first-order valence-electron chi connectivity index (χ1n) is 9.75. The van der Waals surface area contributed by atoms with E-state index in [0.29, 0.717) is 24.7 Å². The van der Waals surface area contributed by atoms with Crippen LogP contribution < -0.4 is 10.6 Å². The predicted octanol–water partition coefficient (Wildman–Crippen LogP) is 2.74. The number of amides is 3. The first-order chi connectivity index (χ1) is 14.0. The predicted molar refractivity (Wildman–Crippen MR) is 107 cm³/mol. The number of likely N-dealkylation sites (tertiary alicyclic amines) is 1. The average Bonchev–Trinajstić information content (AvgIpc) is 3.09. The quantitative estimate of drug-likeness (QED) is 0.785. The molecule has 2 heterocycles. The molecule has 0 aromatic heterocycles. The van der Waals surface area contributed by atoms with E-state index in [1.807, 2.05) is 0 Å². The molecule has 150 valence electrons.